The minimum absolute atomic E-state index is 0.00361. The van der Waals surface area contributed by atoms with Gasteiger partial charge in [-0.3, -0.25) is 9.48 Å². The molecule has 1 heterocycles. The molecule has 1 aromatic heterocycles. The summed E-state index contributed by atoms with van der Waals surface area (Å²) >= 11 is 0. The first-order valence-corrected chi connectivity index (χ1v) is 9.47. The zero-order valence-corrected chi connectivity index (χ0v) is 15.1. The molecule has 4 bridgehead atoms. The summed E-state index contributed by atoms with van der Waals surface area (Å²) in [5.74, 6) is 2.47. The summed E-state index contributed by atoms with van der Waals surface area (Å²) in [7, 11) is 1.73. The van der Waals surface area contributed by atoms with Crippen LogP contribution in [0.15, 0.2) is 6.20 Å². The molecule has 4 aliphatic rings. The van der Waals surface area contributed by atoms with E-state index in [1.165, 1.54) is 49.4 Å². The third-order valence-electron chi connectivity index (χ3n) is 6.39. The first kappa shape index (κ1) is 16.6. The molecule has 1 N–H and O–H groups in total. The van der Waals surface area contributed by atoms with Gasteiger partial charge in [-0.15, -0.1) is 0 Å². The van der Waals surface area contributed by atoms with Crippen LogP contribution in [0.5, 0.6) is 0 Å². The zero-order chi connectivity index (χ0) is 17.6. The van der Waals surface area contributed by atoms with E-state index in [4.69, 9.17) is 4.74 Å². The fraction of sp³-hybridized carbons (Fsp3) is 0.737. The zero-order valence-electron chi connectivity index (χ0n) is 15.1. The Morgan fingerprint density at radius 1 is 1.24 bits per heavy atom. The molecule has 5 rings (SSSR count). The first-order valence-electron chi connectivity index (χ1n) is 9.47. The standard InChI is InChI=1S/C19H27N3O3/c1-3-25-18(24)15-11-20-22(2)17(15)21-16(23)10-19-7-12-4-13(8-19)6-14(5-12)9-19/h11-14H,3-10H2,1-2H3,(H,21,23). The van der Waals surface area contributed by atoms with E-state index >= 15 is 0 Å². The lowest BCUT2D eigenvalue weighted by Crippen LogP contribution is -2.47. The molecule has 0 radical (unpaired) electrons. The molecule has 6 nitrogen and oxygen atoms in total. The van der Waals surface area contributed by atoms with Crippen LogP contribution in [0, 0.1) is 23.2 Å². The minimum atomic E-state index is -0.444. The number of aryl methyl sites for hydroxylation is 1. The van der Waals surface area contributed by atoms with Gasteiger partial charge < -0.3 is 10.1 Å². The number of hydrogen-bond acceptors (Lipinski definition) is 4. The van der Waals surface area contributed by atoms with Gasteiger partial charge in [0.1, 0.15) is 11.4 Å². The molecule has 0 aliphatic heterocycles. The van der Waals surface area contributed by atoms with Gasteiger partial charge in [0, 0.05) is 13.5 Å². The van der Waals surface area contributed by atoms with Crippen molar-refractivity contribution in [2.45, 2.75) is 51.9 Å². The maximum atomic E-state index is 12.8. The first-order chi connectivity index (χ1) is 12.0. The smallest absolute Gasteiger partial charge is 0.343 e. The van der Waals surface area contributed by atoms with E-state index in [1.807, 2.05) is 0 Å². The van der Waals surface area contributed by atoms with Crippen molar-refractivity contribution in [3.8, 4) is 0 Å². The Balaban J connectivity index is 1.46. The average molecular weight is 345 g/mol. The SMILES string of the molecule is CCOC(=O)c1cnn(C)c1NC(=O)CC12CC3CC(CC(C3)C1)C2. The van der Waals surface area contributed by atoms with Crippen LogP contribution in [0.2, 0.25) is 0 Å². The third kappa shape index (κ3) is 3.07. The van der Waals surface area contributed by atoms with Crippen LogP contribution >= 0.6 is 0 Å². The Hall–Kier alpha value is -1.85. The predicted octanol–water partition coefficient (Wildman–Crippen LogP) is 3.14. The number of nitrogens with zero attached hydrogens (tertiary/aromatic N) is 2. The Morgan fingerprint density at radius 3 is 2.40 bits per heavy atom. The molecule has 4 aliphatic carbocycles. The highest BCUT2D eigenvalue weighted by Gasteiger charge is 2.51. The highest BCUT2D eigenvalue weighted by atomic mass is 16.5. The minimum Gasteiger partial charge on any atom is -0.462 e. The van der Waals surface area contributed by atoms with Gasteiger partial charge in [0.2, 0.25) is 5.91 Å². The summed E-state index contributed by atoms with van der Waals surface area (Å²) in [5, 5.41) is 7.03. The van der Waals surface area contributed by atoms with Gasteiger partial charge in [-0.2, -0.15) is 5.10 Å². The number of esters is 1. The van der Waals surface area contributed by atoms with Crippen molar-refractivity contribution in [1.82, 2.24) is 9.78 Å². The van der Waals surface area contributed by atoms with Crippen molar-refractivity contribution in [1.29, 1.82) is 0 Å². The molecule has 0 aromatic carbocycles. The average Bonchev–Trinajstić information content (AvgIpc) is 2.86. The molecule has 0 spiro atoms. The van der Waals surface area contributed by atoms with Crippen molar-refractivity contribution in [2.75, 3.05) is 11.9 Å². The lowest BCUT2D eigenvalue weighted by Gasteiger charge is -2.56. The van der Waals surface area contributed by atoms with E-state index in [2.05, 4.69) is 10.4 Å². The van der Waals surface area contributed by atoms with Gasteiger partial charge in [-0.25, -0.2) is 4.79 Å². The van der Waals surface area contributed by atoms with Crippen LogP contribution in [0.4, 0.5) is 5.82 Å². The van der Waals surface area contributed by atoms with E-state index in [-0.39, 0.29) is 11.3 Å². The summed E-state index contributed by atoms with van der Waals surface area (Å²) in [6, 6.07) is 0. The molecule has 1 amide bonds. The molecule has 1 aromatic rings. The highest BCUT2D eigenvalue weighted by Crippen LogP contribution is 2.61. The third-order valence-corrected chi connectivity index (χ3v) is 6.39. The van der Waals surface area contributed by atoms with Gasteiger partial charge in [0.05, 0.1) is 12.8 Å². The summed E-state index contributed by atoms with van der Waals surface area (Å²) in [5.41, 5.74) is 0.504. The van der Waals surface area contributed by atoms with Gasteiger partial charge in [-0.1, -0.05) is 0 Å². The Morgan fingerprint density at radius 2 is 1.84 bits per heavy atom. The number of aromatic nitrogens is 2. The van der Waals surface area contributed by atoms with Crippen LogP contribution in [-0.4, -0.2) is 28.3 Å². The van der Waals surface area contributed by atoms with Crippen LogP contribution in [0.25, 0.3) is 0 Å². The Labute approximate surface area is 148 Å². The van der Waals surface area contributed by atoms with Crippen molar-refractivity contribution in [3.63, 3.8) is 0 Å². The molecular formula is C19H27N3O3. The maximum absolute atomic E-state index is 12.8. The Kier molecular flexibility index (Phi) is 4.08. The quantitative estimate of drug-likeness (QED) is 0.832. The molecular weight excluding hydrogens is 318 g/mol. The second-order valence-corrected chi connectivity index (χ2v) is 8.39. The summed E-state index contributed by atoms with van der Waals surface area (Å²) < 4.78 is 6.59. The van der Waals surface area contributed by atoms with Gasteiger partial charge >= 0.3 is 5.97 Å². The number of rotatable bonds is 5. The normalized spacial score (nSPS) is 32.6. The number of carbonyl (C=O) groups is 2. The van der Waals surface area contributed by atoms with Crippen molar-refractivity contribution in [2.24, 2.45) is 30.2 Å². The summed E-state index contributed by atoms with van der Waals surface area (Å²) in [6.45, 7) is 2.06. The van der Waals surface area contributed by atoms with Crippen molar-refractivity contribution < 1.29 is 14.3 Å². The van der Waals surface area contributed by atoms with E-state index in [0.29, 0.717) is 24.4 Å². The van der Waals surface area contributed by atoms with E-state index in [0.717, 1.165) is 17.8 Å². The molecule has 4 saturated carbocycles. The number of hydrogen-bond donors (Lipinski definition) is 1. The molecule has 0 atom stereocenters. The highest BCUT2D eigenvalue weighted by molar-refractivity contribution is 6.00. The van der Waals surface area contributed by atoms with Crippen molar-refractivity contribution in [3.05, 3.63) is 11.8 Å². The molecule has 0 unspecified atom stereocenters. The van der Waals surface area contributed by atoms with Gasteiger partial charge in [0.25, 0.3) is 0 Å². The molecule has 25 heavy (non-hydrogen) atoms. The monoisotopic (exact) mass is 345 g/mol. The topological polar surface area (TPSA) is 73.2 Å². The van der Waals surface area contributed by atoms with Gasteiger partial charge in [0.15, 0.2) is 0 Å². The lowest BCUT2D eigenvalue weighted by molar-refractivity contribution is -0.124. The van der Waals surface area contributed by atoms with Crippen LogP contribution in [0.1, 0.15) is 62.2 Å². The molecule has 0 saturated heterocycles. The number of ether oxygens (including phenoxy) is 1. The van der Waals surface area contributed by atoms with Crippen LogP contribution in [-0.2, 0) is 16.6 Å². The predicted molar refractivity (Wildman–Crippen MR) is 93.0 cm³/mol. The second kappa shape index (κ2) is 6.15. The number of carbonyl (C=O) groups excluding carboxylic acids is 2. The van der Waals surface area contributed by atoms with E-state index in [9.17, 15) is 9.59 Å². The fourth-order valence-corrected chi connectivity index (χ4v) is 5.97. The van der Waals surface area contributed by atoms with Crippen LogP contribution < -0.4 is 5.32 Å². The van der Waals surface area contributed by atoms with Gasteiger partial charge in [-0.05, 0) is 68.6 Å². The number of amides is 1. The summed E-state index contributed by atoms with van der Waals surface area (Å²) in [4.78, 5) is 24.8. The summed E-state index contributed by atoms with van der Waals surface area (Å²) in [6.07, 6.45) is 9.72. The molecule has 136 valence electrons. The number of nitrogens with one attached hydrogen (secondary N) is 1. The maximum Gasteiger partial charge on any atom is 0.343 e. The van der Waals surface area contributed by atoms with Crippen LogP contribution in [0.3, 0.4) is 0 Å². The molecule has 4 fully saturated rings. The lowest BCUT2D eigenvalue weighted by atomic mass is 9.49. The molecule has 6 heteroatoms. The Bertz CT molecular complexity index is 659. The number of anilines is 1. The van der Waals surface area contributed by atoms with E-state index in [1.54, 1.807) is 14.0 Å². The second-order valence-electron chi connectivity index (χ2n) is 8.39. The van der Waals surface area contributed by atoms with E-state index < -0.39 is 5.97 Å². The van der Waals surface area contributed by atoms with Crippen molar-refractivity contribution >= 4 is 17.7 Å². The fourth-order valence-electron chi connectivity index (χ4n) is 5.97. The largest absolute Gasteiger partial charge is 0.462 e.